The number of rotatable bonds is 16. The summed E-state index contributed by atoms with van der Waals surface area (Å²) in [6.45, 7) is 69.1. The molecular weight excluding hydrogens is 1660 g/mol. The second-order valence-electron chi connectivity index (χ2n) is 41.7. The first-order valence-corrected chi connectivity index (χ1v) is 47.2. The minimum Gasteiger partial charge on any atom is -0.383 e. The molecule has 18 heteroatoms. The fourth-order valence-corrected chi connectivity index (χ4v) is 17.7. The van der Waals surface area contributed by atoms with Gasteiger partial charge < -0.3 is 17.2 Å². The van der Waals surface area contributed by atoms with Crippen LogP contribution in [0.5, 0.6) is 0 Å². The second-order valence-corrected chi connectivity index (χ2v) is 42.5. The molecule has 6 aromatic heterocycles. The summed E-state index contributed by atoms with van der Waals surface area (Å²) in [5, 5.41) is 11.0. The lowest BCUT2D eigenvalue weighted by Crippen LogP contribution is -2.20. The molecule has 6 aromatic carbocycles. The Labute approximate surface area is 793 Å². The van der Waals surface area contributed by atoms with Crippen molar-refractivity contribution in [1.82, 2.24) is 49.8 Å². The first-order valence-electron chi connectivity index (χ1n) is 46.5. The van der Waals surface area contributed by atoms with E-state index < -0.39 is 11.8 Å². The molecular formula is C113H146Cl2F2N14. The third kappa shape index (κ3) is 27.7. The maximum absolute atomic E-state index is 14.0. The van der Waals surface area contributed by atoms with Gasteiger partial charge in [-0.3, -0.25) is 4.98 Å². The lowest BCUT2D eigenvalue weighted by Gasteiger charge is -2.25. The molecule has 0 atom stereocenters. The monoisotopic (exact) mass is 1810 g/mol. The average Bonchev–Trinajstić information content (AvgIpc) is 0.796. The number of benzene rings is 6. The van der Waals surface area contributed by atoms with E-state index in [2.05, 4.69) is 317 Å². The third-order valence-electron chi connectivity index (χ3n) is 24.0. The number of nitrogens with zero attached hydrogens (tertiary/aromatic N) is 11. The van der Waals surface area contributed by atoms with E-state index in [0.717, 1.165) is 136 Å². The summed E-state index contributed by atoms with van der Waals surface area (Å²) < 4.78 is 28.1. The van der Waals surface area contributed by atoms with E-state index in [1.807, 2.05) is 65.8 Å². The molecule has 0 saturated heterocycles. The van der Waals surface area contributed by atoms with Gasteiger partial charge in [0.25, 0.3) is 5.92 Å². The van der Waals surface area contributed by atoms with Gasteiger partial charge in [0.15, 0.2) is 23.3 Å². The number of pyridine rings is 2. The van der Waals surface area contributed by atoms with Gasteiger partial charge in [-0.15, -0.1) is 0 Å². The summed E-state index contributed by atoms with van der Waals surface area (Å²) in [6, 6.07) is 52.9. The van der Waals surface area contributed by atoms with E-state index in [-0.39, 0.29) is 33.6 Å². The molecule has 13 rings (SSSR count). The molecule has 14 nitrogen and oxygen atoms in total. The van der Waals surface area contributed by atoms with Crippen molar-refractivity contribution in [3.63, 3.8) is 0 Å². The molecule has 1 aliphatic carbocycles. The van der Waals surface area contributed by atoms with Crippen LogP contribution in [0.25, 0.3) is 68.1 Å². The number of alkyl halides is 2. The van der Waals surface area contributed by atoms with Crippen molar-refractivity contribution in [1.29, 1.82) is 5.26 Å². The standard InChI is InChI=1S/C20H28N2.2C19H24ClN.C19H24N4.C18H23F2N3.C18H23N3/c1-13(2)18-14(3)21-19(22-15(18)4)17-10-8-16(9-11-17)12-20(5,6)7;1-12(2)18-13(3)21-17(11-16(18)20)14-7-9-15(10-8-14)19(4,5)6;1-12(2)17-13(3)11-16(21-18(17)20)14-7-9-15(10-8-14)19(4,5)6;1-11(2)16-12(3)22-18(23-17(16)21)15-8-7-14(19(4,5)6)9-13(15)10-20;1-10(2)15-12(5)22-17(23-16(15)21)13-6-8-14(9-7-13)18(19,20)11(3)4;1-11(2)16-12(3)20-18(21-17(16)19)15-9-7-14(8-10-15)13-5-4-6-13/h8-11,13H,12H2,1-7H3;2*7-12H,1-6H3;7-9,11H,1-6H3,(H2,21,22,23);6-11H,1-5H3,(H2,21,22,23);7-11,13H,4-6H2,1-3H3,(H2,19,20,21). The van der Waals surface area contributed by atoms with E-state index in [1.54, 1.807) is 12.1 Å². The zero-order valence-corrected chi connectivity index (χ0v) is 86.1. The zero-order chi connectivity index (χ0) is 97.8. The van der Waals surface area contributed by atoms with E-state index >= 15 is 0 Å². The fraction of sp³-hybridized carbons (Fsp3) is 0.442. The number of anilines is 3. The van der Waals surface area contributed by atoms with Crippen LogP contribution in [0.3, 0.4) is 0 Å². The highest BCUT2D eigenvalue weighted by atomic mass is 35.5. The van der Waals surface area contributed by atoms with Gasteiger partial charge in [0.05, 0.1) is 23.0 Å². The Kier molecular flexibility index (Phi) is 35.6. The number of aromatic nitrogens is 10. The first kappa shape index (κ1) is 106. The number of nitrogen functional groups attached to an aromatic ring is 3. The van der Waals surface area contributed by atoms with Crippen LogP contribution in [0.15, 0.2) is 152 Å². The van der Waals surface area contributed by atoms with Gasteiger partial charge in [0.2, 0.25) is 0 Å². The maximum Gasteiger partial charge on any atom is 0.275 e. The second kappa shape index (κ2) is 44.2. The van der Waals surface area contributed by atoms with E-state index in [1.165, 1.54) is 78.6 Å². The van der Waals surface area contributed by atoms with E-state index in [9.17, 15) is 14.0 Å². The average molecular weight is 1810 g/mol. The van der Waals surface area contributed by atoms with Gasteiger partial charge in [-0.1, -0.05) is 337 Å². The highest BCUT2D eigenvalue weighted by Gasteiger charge is 2.36. The molecule has 1 aliphatic rings. The predicted molar refractivity (Wildman–Crippen MR) is 549 cm³/mol. The molecule has 0 spiro atoms. The summed E-state index contributed by atoms with van der Waals surface area (Å²) in [5.74, 6) is 3.33. The molecule has 0 unspecified atom stereocenters. The van der Waals surface area contributed by atoms with Crippen molar-refractivity contribution in [3.8, 4) is 74.1 Å². The smallest absolute Gasteiger partial charge is 0.275 e. The Morgan fingerprint density at radius 2 is 0.695 bits per heavy atom. The van der Waals surface area contributed by atoms with Gasteiger partial charge in [0.1, 0.15) is 22.6 Å². The minimum absolute atomic E-state index is 0.000237. The molecule has 696 valence electrons. The topological polar surface area (TPSA) is 231 Å². The van der Waals surface area contributed by atoms with Crippen LogP contribution < -0.4 is 17.2 Å². The van der Waals surface area contributed by atoms with Crippen molar-refractivity contribution in [3.05, 3.63) is 274 Å². The quantitative estimate of drug-likeness (QED) is 0.0764. The van der Waals surface area contributed by atoms with Crippen LogP contribution in [-0.2, 0) is 28.6 Å². The van der Waals surface area contributed by atoms with Gasteiger partial charge >= 0.3 is 0 Å². The molecule has 1 fully saturated rings. The molecule has 12 aromatic rings. The van der Waals surface area contributed by atoms with Crippen molar-refractivity contribution in [2.45, 2.75) is 318 Å². The number of hydrogen-bond donors (Lipinski definition) is 3. The summed E-state index contributed by atoms with van der Waals surface area (Å²) in [4.78, 5) is 45.7. The summed E-state index contributed by atoms with van der Waals surface area (Å²) in [7, 11) is 0. The first-order chi connectivity index (χ1) is 60.9. The van der Waals surface area contributed by atoms with E-state index in [4.69, 9.17) is 55.4 Å². The lowest BCUT2D eigenvalue weighted by molar-refractivity contribution is -0.0513. The predicted octanol–water partition coefficient (Wildman–Crippen LogP) is 31.4. The highest BCUT2D eigenvalue weighted by Crippen LogP contribution is 2.42. The minimum atomic E-state index is -2.85. The van der Waals surface area contributed by atoms with Crippen molar-refractivity contribution in [2.24, 2.45) is 11.3 Å². The highest BCUT2D eigenvalue weighted by molar-refractivity contribution is 6.31. The number of nitriles is 1. The summed E-state index contributed by atoms with van der Waals surface area (Å²) in [6.07, 6.45) is 5.09. The van der Waals surface area contributed by atoms with Crippen LogP contribution in [0, 0.1) is 71.1 Å². The van der Waals surface area contributed by atoms with Crippen LogP contribution in [-0.4, -0.2) is 49.8 Å². The van der Waals surface area contributed by atoms with Crippen LogP contribution >= 0.6 is 23.2 Å². The number of nitrogens with two attached hydrogens (primary N) is 3. The van der Waals surface area contributed by atoms with Crippen molar-refractivity contribution < 1.29 is 8.78 Å². The third-order valence-corrected chi connectivity index (χ3v) is 24.6. The van der Waals surface area contributed by atoms with Gasteiger partial charge in [-0.2, -0.15) is 5.26 Å². The van der Waals surface area contributed by atoms with Crippen LogP contribution in [0.1, 0.15) is 353 Å². The molecule has 1 saturated carbocycles. The van der Waals surface area contributed by atoms with Crippen molar-refractivity contribution >= 4 is 40.7 Å². The van der Waals surface area contributed by atoms with Crippen molar-refractivity contribution in [2.75, 3.05) is 17.2 Å². The molecule has 0 aliphatic heterocycles. The number of aryl methyl sites for hydroxylation is 7. The van der Waals surface area contributed by atoms with Crippen LogP contribution in [0.2, 0.25) is 10.2 Å². The lowest BCUT2D eigenvalue weighted by atomic mass is 9.80. The Bertz CT molecular complexity index is 5660. The molecule has 0 bridgehead atoms. The maximum atomic E-state index is 14.0. The normalized spacial score (nSPS) is 12.5. The van der Waals surface area contributed by atoms with Gasteiger partial charge in [0, 0.05) is 101 Å². The molecule has 0 radical (unpaired) electrons. The summed E-state index contributed by atoms with van der Waals surface area (Å²) in [5.41, 5.74) is 47.3. The molecule has 6 heterocycles. The van der Waals surface area contributed by atoms with Crippen LogP contribution in [0.4, 0.5) is 26.2 Å². The largest absolute Gasteiger partial charge is 0.383 e. The fourth-order valence-electron chi connectivity index (χ4n) is 16.8. The number of halogens is 4. The SMILES string of the molecule is Cc1cc(-c2ccc(C(C)(C)C)cc2)nc(Cl)c1C(C)C.Cc1nc(-c2ccc(C(C)(C)C)cc2)cc(Cl)c1C(C)C.Cc1nc(-c2ccc(C(C)(C)C)cc2C#N)nc(N)c1C(C)C.Cc1nc(-c2ccc(C(F)(F)C(C)C)cc2)nc(N)c1C(C)C.Cc1nc(-c2ccc(C3CCC3)cc2)nc(N)c1C(C)C.Cc1nc(-c2ccc(CC(C)(C)C)cc2)nc(C)c1C(C)C. The zero-order valence-electron chi connectivity index (χ0n) is 84.5. The Balaban J connectivity index is 0.000000194. The van der Waals surface area contributed by atoms with Gasteiger partial charge in [-0.05, 0) is 205 Å². The molecule has 6 N–H and O–H groups in total. The Hall–Kier alpha value is -10.7. The van der Waals surface area contributed by atoms with E-state index in [0.29, 0.717) is 74.5 Å². The summed E-state index contributed by atoms with van der Waals surface area (Å²) >= 11 is 12.8. The van der Waals surface area contributed by atoms with Gasteiger partial charge in [-0.25, -0.2) is 53.6 Å². The molecule has 0 amide bonds. The number of hydrogen-bond acceptors (Lipinski definition) is 14. The Morgan fingerprint density at radius 3 is 1.03 bits per heavy atom. The molecule has 131 heavy (non-hydrogen) atoms. The Morgan fingerprint density at radius 1 is 0.366 bits per heavy atom.